The molecule has 0 saturated carbocycles. The lowest BCUT2D eigenvalue weighted by atomic mass is 9.54. The van der Waals surface area contributed by atoms with Crippen molar-refractivity contribution in [1.82, 2.24) is 0 Å². The van der Waals surface area contributed by atoms with Crippen LogP contribution in [0.25, 0.3) is 0 Å². The molecule has 29 heavy (non-hydrogen) atoms. The Bertz CT molecular complexity index is 784. The Kier molecular flexibility index (Phi) is 7.89. The molecular weight excluding hydrogens is 360 g/mol. The standard InChI is InChI=1S/C26H36O3/c1-7-26(19-21-14-10-9-11-15-21,22-16-12-13-17-23(22)28-6)25(5,18-20(3)4)24(27)29-8-2/h9-17,20H,7-8,18-19H2,1-6H3. The Morgan fingerprint density at radius 3 is 2.17 bits per heavy atom. The number of methoxy groups -OCH3 is 1. The fourth-order valence-electron chi connectivity index (χ4n) is 4.86. The van der Waals surface area contributed by atoms with Gasteiger partial charge in [0.1, 0.15) is 5.75 Å². The number of para-hydroxylation sites is 1. The minimum Gasteiger partial charge on any atom is -0.496 e. The summed E-state index contributed by atoms with van der Waals surface area (Å²) in [6.45, 7) is 10.9. The Morgan fingerprint density at radius 2 is 1.62 bits per heavy atom. The highest BCUT2D eigenvalue weighted by molar-refractivity contribution is 5.79. The fourth-order valence-corrected chi connectivity index (χ4v) is 4.86. The minimum absolute atomic E-state index is 0.127. The van der Waals surface area contributed by atoms with Crippen molar-refractivity contribution in [3.05, 3.63) is 65.7 Å². The molecule has 2 aromatic rings. The normalized spacial score (nSPS) is 15.4. The summed E-state index contributed by atoms with van der Waals surface area (Å²) in [5, 5.41) is 0. The molecule has 0 aliphatic heterocycles. The topological polar surface area (TPSA) is 35.5 Å². The van der Waals surface area contributed by atoms with Gasteiger partial charge in [-0.3, -0.25) is 4.79 Å². The van der Waals surface area contributed by atoms with Gasteiger partial charge in [0.2, 0.25) is 0 Å². The zero-order chi connectivity index (χ0) is 21.5. The summed E-state index contributed by atoms with van der Waals surface area (Å²) in [7, 11) is 1.70. The highest BCUT2D eigenvalue weighted by atomic mass is 16.5. The second-order valence-electron chi connectivity index (χ2n) is 8.45. The highest BCUT2D eigenvalue weighted by Gasteiger charge is 2.55. The molecule has 0 amide bonds. The van der Waals surface area contributed by atoms with Gasteiger partial charge < -0.3 is 9.47 Å². The van der Waals surface area contributed by atoms with Crippen LogP contribution < -0.4 is 4.74 Å². The highest BCUT2D eigenvalue weighted by Crippen LogP contribution is 2.53. The van der Waals surface area contributed by atoms with Crippen LogP contribution in [0.5, 0.6) is 5.75 Å². The molecule has 2 atom stereocenters. The maximum atomic E-state index is 13.5. The van der Waals surface area contributed by atoms with Crippen LogP contribution in [0.4, 0.5) is 0 Å². The molecule has 158 valence electrons. The first-order valence-electron chi connectivity index (χ1n) is 10.7. The van der Waals surface area contributed by atoms with E-state index >= 15 is 0 Å². The Balaban J connectivity index is 2.79. The van der Waals surface area contributed by atoms with Crippen molar-refractivity contribution >= 4 is 5.97 Å². The molecule has 3 heteroatoms. The van der Waals surface area contributed by atoms with Crippen LogP contribution in [0, 0.1) is 11.3 Å². The zero-order valence-electron chi connectivity index (χ0n) is 18.8. The summed E-state index contributed by atoms with van der Waals surface area (Å²) in [4.78, 5) is 13.5. The minimum atomic E-state index is -0.698. The van der Waals surface area contributed by atoms with E-state index in [1.165, 1.54) is 5.56 Å². The van der Waals surface area contributed by atoms with Gasteiger partial charge in [0.25, 0.3) is 0 Å². The van der Waals surface area contributed by atoms with E-state index in [0.717, 1.165) is 30.6 Å². The second-order valence-corrected chi connectivity index (χ2v) is 8.45. The number of carbonyl (C=O) groups is 1. The molecule has 0 fully saturated rings. The van der Waals surface area contributed by atoms with Crippen LogP contribution in [0.15, 0.2) is 54.6 Å². The van der Waals surface area contributed by atoms with Gasteiger partial charge in [0.15, 0.2) is 0 Å². The first-order chi connectivity index (χ1) is 13.8. The van der Waals surface area contributed by atoms with Gasteiger partial charge >= 0.3 is 5.97 Å². The summed E-state index contributed by atoms with van der Waals surface area (Å²) >= 11 is 0. The van der Waals surface area contributed by atoms with Crippen LogP contribution in [0.2, 0.25) is 0 Å². The van der Waals surface area contributed by atoms with E-state index in [4.69, 9.17) is 9.47 Å². The number of benzene rings is 2. The maximum absolute atomic E-state index is 13.5. The first-order valence-corrected chi connectivity index (χ1v) is 10.7. The van der Waals surface area contributed by atoms with E-state index in [1.807, 2.05) is 31.2 Å². The third-order valence-corrected chi connectivity index (χ3v) is 6.17. The molecule has 2 unspecified atom stereocenters. The van der Waals surface area contributed by atoms with Crippen LogP contribution >= 0.6 is 0 Å². The lowest BCUT2D eigenvalue weighted by Crippen LogP contribution is -2.52. The van der Waals surface area contributed by atoms with Gasteiger partial charge in [0, 0.05) is 11.0 Å². The summed E-state index contributed by atoms with van der Waals surface area (Å²) < 4.78 is 11.4. The monoisotopic (exact) mass is 396 g/mol. The molecule has 0 heterocycles. The number of rotatable bonds is 10. The van der Waals surface area contributed by atoms with Gasteiger partial charge in [-0.1, -0.05) is 69.3 Å². The van der Waals surface area contributed by atoms with Crippen molar-refractivity contribution in [2.45, 2.75) is 59.3 Å². The SMILES string of the molecule is CCOC(=O)C(C)(CC(C)C)C(CC)(Cc1ccccc1)c1ccccc1OC. The van der Waals surface area contributed by atoms with Gasteiger partial charge in [-0.25, -0.2) is 0 Å². The number of hydrogen-bond donors (Lipinski definition) is 0. The molecule has 0 aliphatic carbocycles. The molecule has 3 nitrogen and oxygen atoms in total. The fraction of sp³-hybridized carbons (Fsp3) is 0.500. The molecule has 0 aromatic heterocycles. The van der Waals surface area contributed by atoms with Crippen LogP contribution in [0.1, 0.15) is 58.6 Å². The molecular formula is C26H36O3. The largest absolute Gasteiger partial charge is 0.496 e. The van der Waals surface area contributed by atoms with Gasteiger partial charge in [-0.2, -0.15) is 0 Å². The zero-order valence-corrected chi connectivity index (χ0v) is 18.8. The Morgan fingerprint density at radius 1 is 1.00 bits per heavy atom. The Labute approximate surface area is 176 Å². The molecule has 0 N–H and O–H groups in total. The molecule has 0 radical (unpaired) electrons. The summed E-state index contributed by atoms with van der Waals surface area (Å²) in [6.07, 6.45) is 2.28. The molecule has 2 aromatic carbocycles. The van der Waals surface area contributed by atoms with Crippen LogP contribution in [-0.2, 0) is 21.4 Å². The molecule has 0 spiro atoms. The third-order valence-electron chi connectivity index (χ3n) is 6.17. The molecule has 0 bridgehead atoms. The van der Waals surface area contributed by atoms with E-state index in [1.54, 1.807) is 7.11 Å². The number of carbonyl (C=O) groups excluding carboxylic acids is 1. The van der Waals surface area contributed by atoms with E-state index in [9.17, 15) is 4.79 Å². The first kappa shape index (κ1) is 23.0. The van der Waals surface area contributed by atoms with Crippen molar-refractivity contribution in [2.24, 2.45) is 11.3 Å². The van der Waals surface area contributed by atoms with E-state index in [-0.39, 0.29) is 5.97 Å². The average Bonchev–Trinajstić information content (AvgIpc) is 2.72. The predicted octanol–water partition coefficient (Wildman–Crippen LogP) is 6.20. The van der Waals surface area contributed by atoms with Crippen LogP contribution in [0.3, 0.4) is 0 Å². The van der Waals surface area contributed by atoms with Crippen molar-refractivity contribution in [2.75, 3.05) is 13.7 Å². The predicted molar refractivity (Wildman–Crippen MR) is 119 cm³/mol. The quantitative estimate of drug-likeness (QED) is 0.448. The van der Waals surface area contributed by atoms with Crippen molar-refractivity contribution in [3.63, 3.8) is 0 Å². The number of hydrogen-bond acceptors (Lipinski definition) is 3. The molecule has 2 rings (SSSR count). The van der Waals surface area contributed by atoms with Crippen molar-refractivity contribution < 1.29 is 14.3 Å². The van der Waals surface area contributed by atoms with E-state index < -0.39 is 10.8 Å². The summed E-state index contributed by atoms with van der Waals surface area (Å²) in [5.74, 6) is 1.04. The lowest BCUT2D eigenvalue weighted by Gasteiger charge is -2.48. The maximum Gasteiger partial charge on any atom is 0.312 e. The van der Waals surface area contributed by atoms with Gasteiger partial charge in [0.05, 0.1) is 19.1 Å². The molecule has 0 aliphatic rings. The third kappa shape index (κ3) is 4.66. The lowest BCUT2D eigenvalue weighted by molar-refractivity contribution is -0.161. The van der Waals surface area contributed by atoms with Gasteiger partial charge in [-0.15, -0.1) is 0 Å². The summed E-state index contributed by atoms with van der Waals surface area (Å²) in [6, 6.07) is 18.5. The van der Waals surface area contributed by atoms with Gasteiger partial charge in [-0.05, 0) is 50.7 Å². The van der Waals surface area contributed by atoms with E-state index in [2.05, 4.69) is 58.0 Å². The second kappa shape index (κ2) is 9.96. The van der Waals surface area contributed by atoms with Crippen LogP contribution in [-0.4, -0.2) is 19.7 Å². The number of esters is 1. The van der Waals surface area contributed by atoms with Crippen molar-refractivity contribution in [1.29, 1.82) is 0 Å². The summed E-state index contributed by atoms with van der Waals surface area (Å²) in [5.41, 5.74) is 1.12. The van der Waals surface area contributed by atoms with E-state index in [0.29, 0.717) is 12.5 Å². The average molecular weight is 397 g/mol. The van der Waals surface area contributed by atoms with Crippen molar-refractivity contribution in [3.8, 4) is 5.75 Å². The molecule has 0 saturated heterocycles. The smallest absolute Gasteiger partial charge is 0.312 e. The Hall–Kier alpha value is -2.29. The number of ether oxygens (including phenoxy) is 2.